The van der Waals surface area contributed by atoms with Crippen molar-refractivity contribution in [1.29, 1.82) is 5.26 Å². The van der Waals surface area contributed by atoms with Crippen LogP contribution in [0.5, 0.6) is 0 Å². The maximum Gasteiger partial charge on any atom is 0.261 e. The fourth-order valence-electron chi connectivity index (χ4n) is 1.11. The topological polar surface area (TPSA) is 142 Å². The quantitative estimate of drug-likeness (QED) is 0.272. The highest BCUT2D eigenvalue weighted by Gasteiger charge is 2.49. The Bertz CT molecular complexity index is 309. The first kappa shape index (κ1) is 10.7. The van der Waals surface area contributed by atoms with E-state index in [9.17, 15) is 10.2 Å². The molecule has 0 saturated carbocycles. The molecule has 4 atom stereocenters. The van der Waals surface area contributed by atoms with Gasteiger partial charge >= 0.3 is 0 Å². The standard InChI is InChI=1S/C6H8N4O4/c7-2-6(9-10-8)5(13)4(12)3(11)1-14-6/h3-5,11-13H,1H2/t3-,4+,5-,6-/m1/s1. The van der Waals surface area contributed by atoms with E-state index in [2.05, 4.69) is 10.0 Å². The first-order chi connectivity index (χ1) is 6.57. The van der Waals surface area contributed by atoms with E-state index in [1.54, 1.807) is 0 Å². The van der Waals surface area contributed by atoms with Gasteiger partial charge in [0.05, 0.1) is 6.61 Å². The Labute approximate surface area is 78.6 Å². The zero-order valence-corrected chi connectivity index (χ0v) is 6.98. The lowest BCUT2D eigenvalue weighted by atomic mass is 9.96. The van der Waals surface area contributed by atoms with Gasteiger partial charge in [0.1, 0.15) is 24.4 Å². The zero-order valence-electron chi connectivity index (χ0n) is 6.98. The Morgan fingerprint density at radius 2 is 2.21 bits per heavy atom. The van der Waals surface area contributed by atoms with Gasteiger partial charge in [-0.05, 0) is 10.6 Å². The van der Waals surface area contributed by atoms with Gasteiger partial charge in [-0.1, -0.05) is 0 Å². The van der Waals surface area contributed by atoms with E-state index in [0.717, 1.165) is 0 Å². The van der Waals surface area contributed by atoms with E-state index in [4.69, 9.17) is 20.6 Å². The number of hydrogen-bond acceptors (Lipinski definition) is 6. The van der Waals surface area contributed by atoms with Gasteiger partial charge in [0.15, 0.2) is 0 Å². The number of ether oxygens (including phenoxy) is 1. The molecule has 0 radical (unpaired) electrons. The molecule has 0 aromatic carbocycles. The second kappa shape index (κ2) is 3.79. The van der Waals surface area contributed by atoms with Gasteiger partial charge in [0.25, 0.3) is 5.72 Å². The summed E-state index contributed by atoms with van der Waals surface area (Å²) >= 11 is 0. The van der Waals surface area contributed by atoms with Crippen LogP contribution in [0.15, 0.2) is 5.11 Å². The number of azide groups is 1. The maximum atomic E-state index is 9.37. The summed E-state index contributed by atoms with van der Waals surface area (Å²) in [6.45, 7) is -0.384. The van der Waals surface area contributed by atoms with Crippen LogP contribution in [0.1, 0.15) is 0 Å². The van der Waals surface area contributed by atoms with Crippen LogP contribution in [0.25, 0.3) is 10.4 Å². The van der Waals surface area contributed by atoms with Crippen LogP contribution in [0.3, 0.4) is 0 Å². The minimum Gasteiger partial charge on any atom is -0.388 e. The van der Waals surface area contributed by atoms with Crippen LogP contribution >= 0.6 is 0 Å². The van der Waals surface area contributed by atoms with Crippen molar-refractivity contribution in [1.82, 2.24) is 0 Å². The van der Waals surface area contributed by atoms with Crippen molar-refractivity contribution in [2.24, 2.45) is 5.11 Å². The van der Waals surface area contributed by atoms with Crippen LogP contribution < -0.4 is 0 Å². The minimum absolute atomic E-state index is 0.384. The summed E-state index contributed by atoms with van der Waals surface area (Å²) in [5.41, 5.74) is 6.00. The van der Waals surface area contributed by atoms with E-state index in [1.165, 1.54) is 6.07 Å². The lowest BCUT2D eigenvalue weighted by Crippen LogP contribution is -2.59. The average molecular weight is 200 g/mol. The Hall–Kier alpha value is -1.36. The third-order valence-electron chi connectivity index (χ3n) is 1.95. The van der Waals surface area contributed by atoms with E-state index < -0.39 is 24.0 Å². The molecule has 3 N–H and O–H groups in total. The molecule has 1 rings (SSSR count). The first-order valence-electron chi connectivity index (χ1n) is 3.73. The summed E-state index contributed by atoms with van der Waals surface area (Å²) in [7, 11) is 0. The largest absolute Gasteiger partial charge is 0.388 e. The Balaban J connectivity index is 3.00. The smallest absolute Gasteiger partial charge is 0.261 e. The predicted octanol–water partition coefficient (Wildman–Crippen LogP) is -1.37. The molecule has 76 valence electrons. The van der Waals surface area contributed by atoms with Gasteiger partial charge < -0.3 is 20.1 Å². The first-order valence-corrected chi connectivity index (χ1v) is 3.73. The molecule has 0 aliphatic carbocycles. The third-order valence-corrected chi connectivity index (χ3v) is 1.95. The van der Waals surface area contributed by atoms with Gasteiger partial charge in [-0.25, -0.2) is 0 Å². The fraction of sp³-hybridized carbons (Fsp3) is 0.833. The molecule has 0 aromatic rings. The number of aliphatic hydroxyl groups is 3. The zero-order chi connectivity index (χ0) is 10.8. The highest BCUT2D eigenvalue weighted by atomic mass is 16.5. The maximum absolute atomic E-state index is 9.37. The van der Waals surface area contributed by atoms with Gasteiger partial charge in [-0.15, -0.1) is 0 Å². The van der Waals surface area contributed by atoms with Crippen molar-refractivity contribution < 1.29 is 20.1 Å². The molecule has 1 heterocycles. The van der Waals surface area contributed by atoms with Gasteiger partial charge in [-0.3, -0.25) is 0 Å². The lowest BCUT2D eigenvalue weighted by Gasteiger charge is -2.37. The Morgan fingerprint density at radius 1 is 1.57 bits per heavy atom. The molecule has 0 unspecified atom stereocenters. The summed E-state index contributed by atoms with van der Waals surface area (Å²) in [4.78, 5) is 2.34. The molecule has 0 amide bonds. The molecule has 8 nitrogen and oxygen atoms in total. The molecule has 1 saturated heterocycles. The minimum atomic E-state index is -2.16. The number of hydrogen-bond donors (Lipinski definition) is 3. The van der Waals surface area contributed by atoms with Crippen LogP contribution in [0.4, 0.5) is 0 Å². The second-order valence-corrected chi connectivity index (χ2v) is 2.81. The van der Waals surface area contributed by atoms with Crippen molar-refractivity contribution >= 4 is 0 Å². The summed E-state index contributed by atoms with van der Waals surface area (Å²) in [6.07, 6.45) is -4.65. The van der Waals surface area contributed by atoms with E-state index >= 15 is 0 Å². The third kappa shape index (κ3) is 1.50. The molecule has 0 spiro atoms. The highest BCUT2D eigenvalue weighted by Crippen LogP contribution is 2.27. The van der Waals surface area contributed by atoms with Crippen LogP contribution in [-0.4, -0.2) is 46.0 Å². The SMILES string of the molecule is N#C[C@@]1(N=[N+]=[N-])OC[C@@H](O)[C@H](O)[C@H]1O. The molecule has 1 fully saturated rings. The van der Waals surface area contributed by atoms with Crippen molar-refractivity contribution in [3.05, 3.63) is 10.4 Å². The number of nitrogens with zero attached hydrogens (tertiary/aromatic N) is 4. The molecule has 0 bridgehead atoms. The number of aliphatic hydroxyl groups excluding tert-OH is 3. The van der Waals surface area contributed by atoms with E-state index in [1.807, 2.05) is 0 Å². The number of rotatable bonds is 1. The van der Waals surface area contributed by atoms with Crippen LogP contribution in [-0.2, 0) is 4.74 Å². The Kier molecular flexibility index (Phi) is 2.90. The molecule has 14 heavy (non-hydrogen) atoms. The van der Waals surface area contributed by atoms with Gasteiger partial charge in [0, 0.05) is 4.91 Å². The molecular weight excluding hydrogens is 192 g/mol. The predicted molar refractivity (Wildman–Crippen MR) is 41.5 cm³/mol. The molecule has 1 aliphatic heterocycles. The molecule has 0 aromatic heterocycles. The highest BCUT2D eigenvalue weighted by molar-refractivity contribution is 5.10. The number of nitriles is 1. The summed E-state index contributed by atoms with van der Waals surface area (Å²) in [5.74, 6) is 0. The van der Waals surface area contributed by atoms with Crippen molar-refractivity contribution in [3.8, 4) is 6.07 Å². The second-order valence-electron chi connectivity index (χ2n) is 2.81. The van der Waals surface area contributed by atoms with Crippen molar-refractivity contribution in [2.75, 3.05) is 6.61 Å². The normalized spacial score (nSPS) is 42.3. The fourth-order valence-corrected chi connectivity index (χ4v) is 1.11. The summed E-state index contributed by atoms with van der Waals surface area (Å²) < 4.78 is 4.71. The Morgan fingerprint density at radius 3 is 2.71 bits per heavy atom. The summed E-state index contributed by atoms with van der Waals surface area (Å²) in [6, 6.07) is 1.46. The molecule has 8 heteroatoms. The van der Waals surface area contributed by atoms with Gasteiger partial charge in [0.2, 0.25) is 0 Å². The monoisotopic (exact) mass is 200 g/mol. The summed E-state index contributed by atoms with van der Waals surface area (Å²) in [5, 5.41) is 39.3. The van der Waals surface area contributed by atoms with Crippen LogP contribution in [0, 0.1) is 11.3 Å². The lowest BCUT2D eigenvalue weighted by molar-refractivity contribution is -0.212. The molecular formula is C6H8N4O4. The van der Waals surface area contributed by atoms with Gasteiger partial charge in [-0.2, -0.15) is 5.26 Å². The molecule has 1 aliphatic rings. The van der Waals surface area contributed by atoms with E-state index in [-0.39, 0.29) is 6.61 Å². The van der Waals surface area contributed by atoms with E-state index in [0.29, 0.717) is 0 Å². The average Bonchev–Trinajstić information content (AvgIpc) is 2.20. The van der Waals surface area contributed by atoms with Crippen molar-refractivity contribution in [2.45, 2.75) is 24.0 Å². The van der Waals surface area contributed by atoms with Crippen LogP contribution in [0.2, 0.25) is 0 Å². The van der Waals surface area contributed by atoms with Crippen molar-refractivity contribution in [3.63, 3.8) is 0 Å².